The van der Waals surface area contributed by atoms with Crippen molar-refractivity contribution in [1.29, 1.82) is 0 Å². The topological polar surface area (TPSA) is 175 Å². The monoisotopic (exact) mass is 342 g/mol. The largest absolute Gasteiger partial charge is 0.470 e. The molecule has 0 fully saturated rings. The van der Waals surface area contributed by atoms with E-state index in [1.165, 1.54) is 36.4 Å². The fraction of sp³-hybridized carbons (Fsp3) is 0. The van der Waals surface area contributed by atoms with Gasteiger partial charge >= 0.3 is 10.4 Å². The van der Waals surface area contributed by atoms with Crippen molar-refractivity contribution >= 4 is 33.1 Å². The second-order valence-electron chi connectivity index (χ2n) is 4.31. The molecule has 23 heavy (non-hydrogen) atoms. The molecule has 0 saturated heterocycles. The molecule has 0 radical (unpaired) electrons. The third-order valence-electron chi connectivity index (χ3n) is 2.48. The van der Waals surface area contributed by atoms with E-state index in [0.717, 1.165) is 0 Å². The highest BCUT2D eigenvalue weighted by Gasteiger charge is 2.19. The zero-order valence-corrected chi connectivity index (χ0v) is 12.4. The van der Waals surface area contributed by atoms with Crippen molar-refractivity contribution in [2.24, 2.45) is 0 Å². The summed E-state index contributed by atoms with van der Waals surface area (Å²) in [6, 6.07) is 8.23. The number of hydrogen-bond acceptors (Lipinski definition) is 10. The highest BCUT2D eigenvalue weighted by Crippen LogP contribution is 2.26. The molecule has 0 aliphatic heterocycles. The summed E-state index contributed by atoms with van der Waals surface area (Å²) in [5, 5.41) is 0. The first-order chi connectivity index (χ1) is 10.8. The van der Waals surface area contributed by atoms with Crippen LogP contribution in [0.3, 0.4) is 0 Å². The fourth-order valence-corrected chi connectivity index (χ4v) is 1.79. The Morgan fingerprint density at radius 1 is 0.696 bits per heavy atom. The van der Waals surface area contributed by atoms with Gasteiger partial charge in [0.1, 0.15) is 0 Å². The second kappa shape index (κ2) is 6.48. The van der Waals surface area contributed by atoms with E-state index in [4.69, 9.17) is 22.9 Å². The summed E-state index contributed by atoms with van der Waals surface area (Å²) in [6.07, 6.45) is 0. The predicted octanol–water partition coefficient (Wildman–Crippen LogP) is 0.581. The fourth-order valence-electron chi connectivity index (χ4n) is 1.45. The van der Waals surface area contributed by atoms with Crippen LogP contribution in [-0.4, -0.2) is 8.42 Å². The van der Waals surface area contributed by atoms with Gasteiger partial charge in [0.2, 0.25) is 0 Å². The predicted molar refractivity (Wildman–Crippen MR) is 82.9 cm³/mol. The third kappa shape index (κ3) is 4.54. The van der Waals surface area contributed by atoms with Crippen LogP contribution in [0.5, 0.6) is 11.5 Å². The Morgan fingerprint density at radius 3 is 1.43 bits per heavy atom. The maximum Gasteiger partial charge on any atom is 0.470 e. The van der Waals surface area contributed by atoms with Crippen molar-refractivity contribution in [1.82, 2.24) is 0 Å². The first kappa shape index (κ1) is 16.5. The van der Waals surface area contributed by atoms with Gasteiger partial charge in [-0.1, -0.05) is 0 Å². The van der Waals surface area contributed by atoms with E-state index in [1.54, 1.807) is 0 Å². The minimum atomic E-state index is -4.65. The van der Waals surface area contributed by atoms with Crippen LogP contribution < -0.4 is 32.7 Å². The number of hydrogen-bond donors (Lipinski definition) is 4. The van der Waals surface area contributed by atoms with Gasteiger partial charge in [0.25, 0.3) is 0 Å². The molecule has 0 atom stereocenters. The van der Waals surface area contributed by atoms with Gasteiger partial charge in [-0.2, -0.15) is 8.42 Å². The Morgan fingerprint density at radius 2 is 1.09 bits per heavy atom. The zero-order chi connectivity index (χ0) is 17.0. The van der Waals surface area contributed by atoms with Gasteiger partial charge in [0.05, 0.1) is 11.4 Å². The summed E-state index contributed by atoms with van der Waals surface area (Å²) in [7, 11) is -4.65. The maximum absolute atomic E-state index is 11.5. The summed E-state index contributed by atoms with van der Waals surface area (Å²) in [4.78, 5) is 9.14. The van der Waals surface area contributed by atoms with Crippen LogP contribution in [0.1, 0.15) is 0 Å². The number of anilines is 4. The van der Waals surface area contributed by atoms with Gasteiger partial charge in [-0.3, -0.25) is 0 Å². The van der Waals surface area contributed by atoms with E-state index in [-0.39, 0.29) is 22.9 Å². The van der Waals surface area contributed by atoms with Gasteiger partial charge in [0.15, 0.2) is 11.5 Å². The van der Waals surface area contributed by atoms with Crippen LogP contribution in [0.4, 0.5) is 22.7 Å². The Kier molecular flexibility index (Phi) is 4.64. The molecule has 2 rings (SSSR count). The average molecular weight is 342 g/mol. The summed E-state index contributed by atoms with van der Waals surface area (Å²) in [6.45, 7) is 0. The maximum atomic E-state index is 11.5. The third-order valence-corrected chi connectivity index (χ3v) is 2.95. The van der Waals surface area contributed by atoms with E-state index in [1.807, 2.05) is 0 Å². The first-order valence-corrected chi connectivity index (χ1v) is 7.37. The van der Waals surface area contributed by atoms with Gasteiger partial charge in [-0.05, 0) is 45.1 Å². The van der Waals surface area contributed by atoms with Crippen molar-refractivity contribution in [2.75, 3.05) is 22.9 Å². The molecule has 124 valence electrons. The molecule has 0 bridgehead atoms. The molecule has 2 aromatic rings. The normalized spacial score (nSPS) is 11.1. The van der Waals surface area contributed by atoms with Crippen molar-refractivity contribution in [3.05, 3.63) is 36.4 Å². The molecule has 0 amide bonds. The Bertz CT molecular complexity index is 750. The number of benzene rings is 2. The lowest BCUT2D eigenvalue weighted by Gasteiger charge is -2.09. The highest BCUT2D eigenvalue weighted by atomic mass is 32.3. The Hall–Kier alpha value is -2.89. The molecule has 0 unspecified atom stereocenters. The summed E-state index contributed by atoms with van der Waals surface area (Å²) < 4.78 is 31.3. The molecule has 0 aliphatic rings. The molecule has 10 nitrogen and oxygen atoms in total. The van der Waals surface area contributed by atoms with Gasteiger partial charge in [0, 0.05) is 11.4 Å². The second-order valence-corrected chi connectivity index (χ2v) is 5.39. The molecule has 11 heteroatoms. The number of nitrogens with two attached hydrogens (primary N) is 4. The smallest absolute Gasteiger partial charge is 0.399 e. The molecule has 8 N–H and O–H groups in total. The quantitative estimate of drug-likeness (QED) is 0.330. The molecule has 0 saturated carbocycles. The van der Waals surface area contributed by atoms with E-state index < -0.39 is 10.4 Å². The standard InChI is InChI=1S/C12H14N4O6S/c13-7-1-3-11(9(15)5-7)19-21-23(17,18)22-20-12-4-2-8(14)6-10(12)16/h1-6H,13-16H2. The Balaban J connectivity index is 1.96. The summed E-state index contributed by atoms with van der Waals surface area (Å²) in [5.41, 5.74) is 23.0. The van der Waals surface area contributed by atoms with Crippen LogP contribution >= 0.6 is 0 Å². The van der Waals surface area contributed by atoms with Gasteiger partial charge in [-0.15, -0.1) is 0 Å². The van der Waals surface area contributed by atoms with E-state index in [0.29, 0.717) is 11.4 Å². The summed E-state index contributed by atoms with van der Waals surface area (Å²) >= 11 is 0. The van der Waals surface area contributed by atoms with Crippen molar-refractivity contribution in [2.45, 2.75) is 0 Å². The van der Waals surface area contributed by atoms with E-state index >= 15 is 0 Å². The van der Waals surface area contributed by atoms with Crippen LogP contribution in [-0.2, 0) is 19.1 Å². The van der Waals surface area contributed by atoms with Crippen LogP contribution in [0.2, 0.25) is 0 Å². The van der Waals surface area contributed by atoms with Crippen molar-refractivity contribution in [3.63, 3.8) is 0 Å². The zero-order valence-electron chi connectivity index (χ0n) is 11.6. The molecule has 0 aromatic heterocycles. The number of rotatable bonds is 6. The Labute approximate surface area is 131 Å². The minimum absolute atomic E-state index is 0.0710. The van der Waals surface area contributed by atoms with Crippen molar-refractivity contribution in [3.8, 4) is 11.5 Å². The molecule has 2 aromatic carbocycles. The van der Waals surface area contributed by atoms with Crippen molar-refractivity contribution < 1.29 is 26.9 Å². The minimum Gasteiger partial charge on any atom is -0.399 e. The van der Waals surface area contributed by atoms with Crippen LogP contribution in [0.25, 0.3) is 0 Å². The first-order valence-electron chi connectivity index (χ1n) is 6.04. The highest BCUT2D eigenvalue weighted by molar-refractivity contribution is 7.81. The van der Waals surface area contributed by atoms with Gasteiger partial charge < -0.3 is 32.7 Å². The van der Waals surface area contributed by atoms with Crippen LogP contribution in [0, 0.1) is 0 Å². The van der Waals surface area contributed by atoms with Gasteiger partial charge in [-0.25, -0.2) is 0 Å². The SMILES string of the molecule is Nc1ccc(OOS(=O)(=O)OOc2ccc(N)cc2N)c(N)c1. The summed E-state index contributed by atoms with van der Waals surface area (Å²) in [5.74, 6) is -0.142. The lowest BCUT2D eigenvalue weighted by molar-refractivity contribution is -0.160. The van der Waals surface area contributed by atoms with Crippen LogP contribution in [0.15, 0.2) is 36.4 Å². The number of nitrogen functional groups attached to an aromatic ring is 4. The molecular formula is C12H14N4O6S. The molecule has 0 spiro atoms. The lowest BCUT2D eigenvalue weighted by atomic mass is 10.3. The molecule has 0 heterocycles. The van der Waals surface area contributed by atoms with E-state index in [2.05, 4.69) is 18.4 Å². The molecule has 0 aliphatic carbocycles. The van der Waals surface area contributed by atoms with E-state index in [9.17, 15) is 8.42 Å². The lowest BCUT2D eigenvalue weighted by Crippen LogP contribution is -2.15. The average Bonchev–Trinajstić information content (AvgIpc) is 2.45. The molecular weight excluding hydrogens is 328 g/mol.